The van der Waals surface area contributed by atoms with Gasteiger partial charge in [0.05, 0.1) is 0 Å². The fraction of sp³-hybridized carbons (Fsp3) is 0. The smallest absolute Gasteiger partial charge is 0.444 e. The summed E-state index contributed by atoms with van der Waals surface area (Å²) in [6, 6.07) is 0. The molecular formula is H4CoN8NaO12-5. The minimum Gasteiger partial charge on any atom is -0.444 e. The number of rotatable bonds is 0. The Kier molecular flexibility index (Phi) is 1110. The van der Waals surface area contributed by atoms with Gasteiger partial charge < -0.3 is 60.7 Å². The summed E-state index contributed by atoms with van der Waals surface area (Å²) >= 11 is 0. The first kappa shape index (κ1) is 60.0. The Hall–Kier alpha value is -2.17. The van der Waals surface area contributed by atoms with Gasteiger partial charge in [0.1, 0.15) is 0 Å². The molecule has 0 aliphatic heterocycles. The normalized spacial score (nSPS) is 3.55. The van der Waals surface area contributed by atoms with Gasteiger partial charge in [-0.1, -0.05) is 0 Å². The minimum atomic E-state index is 0. The van der Waals surface area contributed by atoms with Crippen molar-refractivity contribution in [2.24, 2.45) is 43.7 Å². The van der Waals surface area contributed by atoms with E-state index in [2.05, 4.69) is 11.7 Å². The van der Waals surface area contributed by atoms with Crippen molar-refractivity contribution in [2.75, 3.05) is 0 Å². The van der Waals surface area contributed by atoms with Crippen LogP contribution in [0.15, 0.2) is 32.0 Å². The van der Waals surface area contributed by atoms with Gasteiger partial charge >= 0.3 is 29.6 Å². The predicted octanol–water partition coefficient (Wildman–Crippen LogP) is -2.68. The van der Waals surface area contributed by atoms with E-state index in [4.69, 9.17) is 60.7 Å². The number of nitrogens with two attached hydrogens (primary N) is 2. The molecule has 0 spiro atoms. The van der Waals surface area contributed by atoms with Gasteiger partial charge in [-0.2, -0.15) is 0 Å². The van der Waals surface area contributed by atoms with E-state index in [9.17, 15) is 0 Å². The Balaban J connectivity index is -0.0000000127. The van der Waals surface area contributed by atoms with Crippen molar-refractivity contribution in [3.05, 3.63) is 60.7 Å². The Morgan fingerprint density at radius 2 is 0.455 bits per heavy atom. The summed E-state index contributed by atoms with van der Waals surface area (Å²) in [6.07, 6.45) is 0. The van der Waals surface area contributed by atoms with Crippen molar-refractivity contribution in [3.63, 3.8) is 0 Å². The van der Waals surface area contributed by atoms with Crippen LogP contribution in [0.1, 0.15) is 0 Å². The average molecular weight is 390 g/mol. The number of hydrazine groups is 1. The topological polar surface area (TPSA) is 367 Å². The fourth-order valence-corrected chi connectivity index (χ4v) is 0. The van der Waals surface area contributed by atoms with Crippen molar-refractivity contribution in [3.8, 4) is 0 Å². The quantitative estimate of drug-likeness (QED) is 0.184. The SMILES string of the molecule is NN.O=N[O-].O=N[O-].O=N[O-].O=N[O-].O=N[O-].O=N[O-].[Co].[Na+]. The van der Waals surface area contributed by atoms with E-state index < -0.39 is 0 Å². The predicted molar refractivity (Wildman–Crippen MR) is 63.3 cm³/mol. The van der Waals surface area contributed by atoms with Gasteiger partial charge in [-0.3, -0.25) is 11.7 Å². The molecule has 0 bridgehead atoms. The summed E-state index contributed by atoms with van der Waals surface area (Å²) in [7, 11) is 0. The maximum atomic E-state index is 8.00. The molecule has 22 heavy (non-hydrogen) atoms. The second-order valence-electron chi connectivity index (χ2n) is 0.447. The van der Waals surface area contributed by atoms with E-state index in [1.165, 1.54) is 0 Å². The van der Waals surface area contributed by atoms with Gasteiger partial charge in [-0.05, 0) is 0 Å². The Morgan fingerprint density at radius 3 is 0.455 bits per heavy atom. The molecule has 0 heterocycles. The molecule has 0 aromatic heterocycles. The van der Waals surface area contributed by atoms with E-state index in [0.29, 0.717) is 0 Å². The van der Waals surface area contributed by atoms with Crippen LogP contribution in [-0.2, 0) is 16.8 Å². The van der Waals surface area contributed by atoms with Crippen LogP contribution in [0.25, 0.3) is 0 Å². The standard InChI is InChI=1S/Co.H4N2.6HNO2.Na/c;1-2;6*2-1-3;/h;1-2H2;6*(H,2,3);/q;;;;;;;;+1/p-6. The molecule has 0 fully saturated rings. The molecule has 0 aromatic rings. The van der Waals surface area contributed by atoms with Gasteiger partial charge in [0.2, 0.25) is 0 Å². The van der Waals surface area contributed by atoms with Crippen LogP contribution in [-0.4, -0.2) is 0 Å². The number of hydrogen-bond donors (Lipinski definition) is 2. The van der Waals surface area contributed by atoms with E-state index >= 15 is 0 Å². The molecule has 1 radical (unpaired) electrons. The second kappa shape index (κ2) is 409. The molecule has 0 atom stereocenters. The van der Waals surface area contributed by atoms with Crippen LogP contribution in [0.2, 0.25) is 0 Å². The molecule has 20 nitrogen and oxygen atoms in total. The van der Waals surface area contributed by atoms with Gasteiger partial charge in [0.15, 0.2) is 0 Å². The minimum absolute atomic E-state index is 0. The summed E-state index contributed by atoms with van der Waals surface area (Å²) in [5.74, 6) is 8.00. The first-order chi connectivity index (χ1) is 9.49. The molecule has 0 saturated heterocycles. The molecule has 0 aliphatic carbocycles. The number of hydrogen-bond acceptors (Lipinski definition) is 20. The maximum Gasteiger partial charge on any atom is 1.00 e. The van der Waals surface area contributed by atoms with Crippen LogP contribution >= 0.6 is 0 Å². The molecule has 0 rings (SSSR count). The van der Waals surface area contributed by atoms with E-state index in [0.717, 1.165) is 32.0 Å². The maximum absolute atomic E-state index is 8.00. The van der Waals surface area contributed by atoms with Crippen molar-refractivity contribution < 1.29 is 46.3 Å². The third-order valence-electron chi connectivity index (χ3n) is 0. The molecule has 0 saturated carbocycles. The van der Waals surface area contributed by atoms with Crippen molar-refractivity contribution >= 4 is 0 Å². The van der Waals surface area contributed by atoms with E-state index in [-0.39, 0.29) is 46.3 Å². The molecule has 22 heteroatoms. The van der Waals surface area contributed by atoms with Crippen LogP contribution in [0.4, 0.5) is 0 Å². The van der Waals surface area contributed by atoms with E-state index in [1.807, 2.05) is 0 Å². The third-order valence-corrected chi connectivity index (χ3v) is 0. The second-order valence-corrected chi connectivity index (χ2v) is 0.447. The van der Waals surface area contributed by atoms with Crippen molar-refractivity contribution in [2.45, 2.75) is 0 Å². The van der Waals surface area contributed by atoms with Gasteiger partial charge in [0, 0.05) is 16.8 Å². The zero-order valence-corrected chi connectivity index (χ0v) is 13.1. The van der Waals surface area contributed by atoms with Gasteiger partial charge in [0.25, 0.3) is 0 Å². The molecule has 4 N–H and O–H groups in total. The molecule has 0 amide bonds. The summed E-state index contributed by atoms with van der Waals surface area (Å²) in [5.41, 5.74) is 0. The molecule has 0 unspecified atom stereocenters. The van der Waals surface area contributed by atoms with Crippen molar-refractivity contribution in [1.29, 1.82) is 0 Å². The van der Waals surface area contributed by atoms with Crippen LogP contribution < -0.4 is 41.2 Å². The Bertz CT molecular complexity index is 123. The van der Waals surface area contributed by atoms with Gasteiger partial charge in [-0.15, -0.1) is 32.0 Å². The summed E-state index contributed by atoms with van der Waals surface area (Å²) in [4.78, 5) is 48.0. The molecular weight excluding hydrogens is 386 g/mol. The van der Waals surface area contributed by atoms with Crippen molar-refractivity contribution in [1.82, 2.24) is 0 Å². The molecule has 0 aliphatic rings. The average Bonchev–Trinajstić information content (AvgIpc) is 2.36. The van der Waals surface area contributed by atoms with Crippen LogP contribution in [0.3, 0.4) is 0 Å². The van der Waals surface area contributed by atoms with Crippen LogP contribution in [0, 0.1) is 60.7 Å². The molecule has 131 valence electrons. The monoisotopic (exact) mass is 390 g/mol. The first-order valence-corrected chi connectivity index (χ1v) is 2.52. The zero-order chi connectivity index (χ0) is 18.2. The largest absolute Gasteiger partial charge is 1.00 e. The first-order valence-electron chi connectivity index (χ1n) is 2.52. The zero-order valence-electron chi connectivity index (χ0n) is 10.1. The summed E-state index contributed by atoms with van der Waals surface area (Å²) in [6.45, 7) is 0. The van der Waals surface area contributed by atoms with Gasteiger partial charge in [-0.25, -0.2) is 0 Å². The number of nitrogens with zero attached hydrogens (tertiary/aromatic N) is 6. The van der Waals surface area contributed by atoms with Crippen LogP contribution in [0.5, 0.6) is 0 Å². The fourth-order valence-electron chi connectivity index (χ4n) is 0. The third kappa shape index (κ3) is 1070. The van der Waals surface area contributed by atoms with E-state index in [1.54, 1.807) is 0 Å². The summed E-state index contributed by atoms with van der Waals surface area (Å²) in [5, 5.41) is 54.0. The Morgan fingerprint density at radius 1 is 0.455 bits per heavy atom. The summed E-state index contributed by atoms with van der Waals surface area (Å²) < 4.78 is 0. The molecule has 0 aromatic carbocycles. The Labute approximate surface area is 150 Å².